The monoisotopic (exact) mass is 513 g/mol. The summed E-state index contributed by atoms with van der Waals surface area (Å²) in [5.74, 6) is -0.274. The predicted molar refractivity (Wildman–Crippen MR) is 142 cm³/mol. The van der Waals surface area contributed by atoms with E-state index < -0.39 is 6.04 Å². The van der Waals surface area contributed by atoms with E-state index in [4.69, 9.17) is 17.0 Å². The van der Waals surface area contributed by atoms with E-state index >= 15 is 0 Å². The molecule has 10 heteroatoms. The van der Waals surface area contributed by atoms with E-state index in [9.17, 15) is 14.0 Å². The van der Waals surface area contributed by atoms with Crippen LogP contribution in [0.25, 0.3) is 0 Å². The fraction of sp³-hybridized carbons (Fsp3) is 0.423. The van der Waals surface area contributed by atoms with Crippen molar-refractivity contribution in [2.45, 2.75) is 18.9 Å². The maximum Gasteiger partial charge on any atom is 0.256 e. The molecule has 2 aliphatic heterocycles. The number of methoxy groups -OCH3 is 1. The second kappa shape index (κ2) is 11.8. The van der Waals surface area contributed by atoms with Crippen LogP contribution in [0, 0.1) is 5.82 Å². The van der Waals surface area contributed by atoms with E-state index in [1.54, 1.807) is 31.4 Å². The number of carbonyl (C=O) groups is 2. The molecule has 0 radical (unpaired) electrons. The average Bonchev–Trinajstić information content (AvgIpc) is 3.10. The number of ether oxygens (including phenoxy) is 1. The summed E-state index contributed by atoms with van der Waals surface area (Å²) in [5, 5.41) is 3.15. The minimum atomic E-state index is -0.715. The zero-order valence-electron chi connectivity index (χ0n) is 20.7. The Kier molecular flexibility index (Phi) is 8.50. The van der Waals surface area contributed by atoms with Crippen LogP contribution < -0.4 is 15.0 Å². The third-order valence-electron chi connectivity index (χ3n) is 6.63. The third-order valence-corrected chi connectivity index (χ3v) is 7.04. The lowest BCUT2D eigenvalue weighted by Gasteiger charge is -2.33. The number of amides is 2. The third kappa shape index (κ3) is 6.18. The number of nitrogens with one attached hydrogen (secondary N) is 1. The van der Waals surface area contributed by atoms with Crippen molar-refractivity contribution in [3.63, 3.8) is 0 Å². The number of hydrogen-bond acceptors (Lipinski definition) is 6. The van der Waals surface area contributed by atoms with Crippen molar-refractivity contribution in [2.75, 3.05) is 63.6 Å². The van der Waals surface area contributed by atoms with Gasteiger partial charge in [0.25, 0.3) is 5.91 Å². The van der Waals surface area contributed by atoms with Crippen LogP contribution in [-0.4, -0.2) is 91.1 Å². The van der Waals surface area contributed by atoms with Crippen molar-refractivity contribution in [3.8, 4) is 5.75 Å². The molecule has 4 rings (SSSR count). The smallest absolute Gasteiger partial charge is 0.256 e. The first-order valence-electron chi connectivity index (χ1n) is 12.1. The van der Waals surface area contributed by atoms with Gasteiger partial charge in [0, 0.05) is 38.4 Å². The standard InChI is InChI=1S/C26H32FN5O3S/c1-29-14-16-30(17-15-29)12-3-13-31-23(18-24(33)28-20-6-4-19(27)5-7-20)25(34)32(26(31)36)21-8-10-22(35-2)11-9-21/h4-11,23H,3,12-18H2,1-2H3,(H,28,33)/t23-/m0/s1. The molecule has 2 heterocycles. The lowest BCUT2D eigenvalue weighted by atomic mass is 10.1. The first-order valence-corrected chi connectivity index (χ1v) is 12.5. The summed E-state index contributed by atoms with van der Waals surface area (Å²) in [6.45, 7) is 5.58. The summed E-state index contributed by atoms with van der Waals surface area (Å²) < 4.78 is 18.5. The van der Waals surface area contributed by atoms with E-state index in [1.165, 1.54) is 29.2 Å². The highest BCUT2D eigenvalue weighted by Gasteiger charge is 2.43. The Morgan fingerprint density at radius 1 is 1.06 bits per heavy atom. The molecule has 2 fully saturated rings. The fourth-order valence-corrected chi connectivity index (χ4v) is 4.93. The van der Waals surface area contributed by atoms with Crippen LogP contribution in [0.2, 0.25) is 0 Å². The molecule has 192 valence electrons. The number of benzene rings is 2. The van der Waals surface area contributed by atoms with Gasteiger partial charge in [-0.1, -0.05) is 0 Å². The molecule has 2 saturated heterocycles. The van der Waals surface area contributed by atoms with Crippen molar-refractivity contribution in [2.24, 2.45) is 0 Å². The topological polar surface area (TPSA) is 68.4 Å². The molecule has 36 heavy (non-hydrogen) atoms. The zero-order valence-corrected chi connectivity index (χ0v) is 21.5. The molecule has 0 bridgehead atoms. The summed E-state index contributed by atoms with van der Waals surface area (Å²) in [7, 11) is 3.71. The fourth-order valence-electron chi connectivity index (χ4n) is 4.51. The molecule has 1 N–H and O–H groups in total. The first-order chi connectivity index (χ1) is 17.4. The summed E-state index contributed by atoms with van der Waals surface area (Å²) in [4.78, 5) is 34.5. The molecule has 0 spiro atoms. The number of carbonyl (C=O) groups excluding carboxylic acids is 2. The Morgan fingerprint density at radius 3 is 2.36 bits per heavy atom. The Morgan fingerprint density at radius 2 is 1.72 bits per heavy atom. The van der Waals surface area contributed by atoms with Gasteiger partial charge in [-0.2, -0.15) is 0 Å². The second-order valence-corrected chi connectivity index (χ2v) is 9.49. The molecule has 0 aliphatic carbocycles. The van der Waals surface area contributed by atoms with E-state index in [0.717, 1.165) is 39.1 Å². The quantitative estimate of drug-likeness (QED) is 0.517. The molecule has 2 aliphatic rings. The molecule has 8 nitrogen and oxygen atoms in total. The van der Waals surface area contributed by atoms with Crippen LogP contribution in [0.15, 0.2) is 48.5 Å². The molecule has 0 aromatic heterocycles. The van der Waals surface area contributed by atoms with Gasteiger partial charge in [0.15, 0.2) is 5.11 Å². The maximum absolute atomic E-state index is 13.5. The molecule has 0 unspecified atom stereocenters. The number of rotatable bonds is 9. The Hall–Kier alpha value is -3.08. The lowest BCUT2D eigenvalue weighted by molar-refractivity contribution is -0.124. The van der Waals surface area contributed by atoms with Gasteiger partial charge in [0.1, 0.15) is 17.6 Å². The van der Waals surface area contributed by atoms with Crippen LogP contribution in [0.3, 0.4) is 0 Å². The second-order valence-electron chi connectivity index (χ2n) is 9.12. The average molecular weight is 514 g/mol. The Labute approximate surface area is 216 Å². The number of likely N-dealkylation sites (N-methyl/N-ethyl adjacent to an activating group) is 1. The summed E-state index contributed by atoms with van der Waals surface area (Å²) in [5.41, 5.74) is 1.11. The SMILES string of the molecule is COc1ccc(N2C(=O)[C@H](CC(=O)Nc3ccc(F)cc3)N(CCCN3CCN(C)CC3)C2=S)cc1. The number of nitrogens with zero attached hydrogens (tertiary/aromatic N) is 4. The summed E-state index contributed by atoms with van der Waals surface area (Å²) in [6.07, 6.45) is 0.765. The van der Waals surface area contributed by atoms with Crippen LogP contribution in [0.1, 0.15) is 12.8 Å². The van der Waals surface area contributed by atoms with Crippen LogP contribution in [-0.2, 0) is 9.59 Å². The van der Waals surface area contributed by atoms with E-state index in [2.05, 4.69) is 22.2 Å². The molecular weight excluding hydrogens is 481 g/mol. The number of anilines is 2. The van der Waals surface area contributed by atoms with Crippen molar-refractivity contribution >= 4 is 40.5 Å². The number of piperazine rings is 1. The van der Waals surface area contributed by atoms with Crippen molar-refractivity contribution in [1.29, 1.82) is 0 Å². The number of hydrogen-bond donors (Lipinski definition) is 1. The first kappa shape index (κ1) is 26.0. The molecule has 2 aromatic carbocycles. The van der Waals surface area contributed by atoms with Crippen molar-refractivity contribution in [1.82, 2.24) is 14.7 Å². The number of thiocarbonyl (C=S) groups is 1. The minimum Gasteiger partial charge on any atom is -0.497 e. The lowest BCUT2D eigenvalue weighted by Crippen LogP contribution is -2.45. The molecule has 2 amide bonds. The van der Waals surface area contributed by atoms with Crippen molar-refractivity contribution < 1.29 is 18.7 Å². The highest BCUT2D eigenvalue weighted by Crippen LogP contribution is 2.29. The Balaban J connectivity index is 1.47. The largest absolute Gasteiger partial charge is 0.497 e. The summed E-state index contributed by atoms with van der Waals surface area (Å²) in [6, 6.07) is 11.9. The van der Waals surface area contributed by atoms with E-state index in [0.29, 0.717) is 28.8 Å². The molecule has 1 atom stereocenters. The molecular formula is C26H32FN5O3S. The highest BCUT2D eigenvalue weighted by atomic mass is 32.1. The van der Waals surface area contributed by atoms with Gasteiger partial charge in [-0.15, -0.1) is 0 Å². The predicted octanol–water partition coefficient (Wildman–Crippen LogP) is 2.80. The highest BCUT2D eigenvalue weighted by molar-refractivity contribution is 7.80. The van der Waals surface area contributed by atoms with E-state index in [-0.39, 0.29) is 24.1 Å². The van der Waals surface area contributed by atoms with Gasteiger partial charge in [0.05, 0.1) is 19.2 Å². The molecule has 2 aromatic rings. The zero-order chi connectivity index (χ0) is 25.7. The van der Waals surface area contributed by atoms with Gasteiger partial charge in [0.2, 0.25) is 5.91 Å². The van der Waals surface area contributed by atoms with Gasteiger partial charge < -0.3 is 24.8 Å². The Bertz CT molecular complexity index is 1070. The van der Waals surface area contributed by atoms with Gasteiger partial charge >= 0.3 is 0 Å². The summed E-state index contributed by atoms with van der Waals surface area (Å²) >= 11 is 5.75. The number of halogens is 1. The van der Waals surface area contributed by atoms with Crippen LogP contribution in [0.4, 0.5) is 15.8 Å². The normalized spacial score (nSPS) is 19.1. The van der Waals surface area contributed by atoms with Crippen LogP contribution in [0.5, 0.6) is 5.75 Å². The molecule has 0 saturated carbocycles. The van der Waals surface area contributed by atoms with E-state index in [1.807, 2.05) is 4.90 Å². The van der Waals surface area contributed by atoms with Gasteiger partial charge in [-0.3, -0.25) is 14.5 Å². The van der Waals surface area contributed by atoms with Gasteiger partial charge in [-0.05, 0) is 80.8 Å². The minimum absolute atomic E-state index is 0.0580. The van der Waals surface area contributed by atoms with Crippen molar-refractivity contribution in [3.05, 3.63) is 54.3 Å². The van der Waals surface area contributed by atoms with Gasteiger partial charge in [-0.25, -0.2) is 4.39 Å². The maximum atomic E-state index is 13.5. The van der Waals surface area contributed by atoms with Crippen LogP contribution >= 0.6 is 12.2 Å².